The van der Waals surface area contributed by atoms with Crippen molar-refractivity contribution in [3.63, 3.8) is 0 Å². The molecule has 1 unspecified atom stereocenters. The standard InChI is InChI=1S/C87H58I2N4/c1-86(2)72-28-16-12-24-60(72)62-36-32-54(42-74(62)86)52-34-38-78-67(40-52)68-49-84-71(65-27-15-19-31-81(65)92(84)59-22-10-7-11-23-59)47-80(68)89(78,5)79-44-57(51-91)83(45-56(79)50-90)93-82-39-35-53(55-33-37-63-61-25-13-17-29-73(61)87(3,4)75(63)43-55)41-69(82)70-46-77-66(48-85(70)93)64-26-14-18-30-76(64)88(77)58-20-8-6-9-21-58/h6-49H,5H2,1-4H3. The van der Waals surface area contributed by atoms with Crippen LogP contribution < -0.4 is 0 Å². The average molecular weight is 1410 g/mol. The number of benzene rings is 13. The van der Waals surface area contributed by atoms with Crippen molar-refractivity contribution in [1.29, 1.82) is 10.5 Å². The van der Waals surface area contributed by atoms with E-state index in [4.69, 9.17) is 4.51 Å². The molecule has 0 fully saturated rings. The Labute approximate surface area is 551 Å². The number of nitrogens with zero attached hydrogens (tertiary/aromatic N) is 4. The maximum absolute atomic E-state index is 12.0. The molecular weight excluding hydrogens is 1350 g/mol. The van der Waals surface area contributed by atoms with Gasteiger partial charge in [0, 0.05) is 0 Å². The number of aromatic nitrogens is 2. The number of rotatable bonds is 6. The molecule has 0 spiro atoms. The first kappa shape index (κ1) is 54.5. The maximum atomic E-state index is 12.0. The molecular formula is C87H58I2N4. The van der Waals surface area contributed by atoms with Gasteiger partial charge in [-0.3, -0.25) is 0 Å². The van der Waals surface area contributed by atoms with E-state index in [2.05, 4.69) is 310 Å². The van der Waals surface area contributed by atoms with Gasteiger partial charge < -0.3 is 0 Å². The van der Waals surface area contributed by atoms with Crippen LogP contribution in [0.5, 0.6) is 0 Å². The molecule has 4 aliphatic rings. The summed E-state index contributed by atoms with van der Waals surface area (Å²) in [6.07, 6.45) is 0. The Morgan fingerprint density at radius 3 is 1.56 bits per heavy atom. The molecule has 0 N–H and O–H groups in total. The van der Waals surface area contributed by atoms with Crippen molar-refractivity contribution in [1.82, 2.24) is 9.13 Å². The predicted octanol–water partition coefficient (Wildman–Crippen LogP) is 22.3. The van der Waals surface area contributed by atoms with Crippen LogP contribution in [0.1, 0.15) is 61.1 Å². The van der Waals surface area contributed by atoms with Crippen molar-refractivity contribution in [2.75, 3.05) is 0 Å². The zero-order valence-corrected chi connectivity index (χ0v) is 56.0. The number of nitriles is 2. The minimum atomic E-state index is -4.11. The van der Waals surface area contributed by atoms with Crippen molar-refractivity contribution in [2.24, 2.45) is 0 Å². The van der Waals surface area contributed by atoms with Gasteiger partial charge in [0.2, 0.25) is 0 Å². The minimum absolute atomic E-state index is 0.154. The van der Waals surface area contributed by atoms with Crippen LogP contribution in [0.4, 0.5) is 0 Å². The van der Waals surface area contributed by atoms with Crippen LogP contribution in [0.15, 0.2) is 267 Å². The number of para-hydroxylation sites is 2. The Hall–Kier alpha value is -10.2. The summed E-state index contributed by atoms with van der Waals surface area (Å²) in [6, 6.07) is 105. The van der Waals surface area contributed by atoms with Crippen LogP contribution >= 0.6 is 37.8 Å². The van der Waals surface area contributed by atoms with E-state index >= 15 is 0 Å². The molecule has 15 aromatic rings. The Kier molecular flexibility index (Phi) is 11.5. The monoisotopic (exact) mass is 1410 g/mol. The molecule has 440 valence electrons. The molecule has 1 atom stereocenters. The molecule has 4 heterocycles. The second kappa shape index (κ2) is 19.6. The van der Waals surface area contributed by atoms with Gasteiger partial charge in [0.25, 0.3) is 0 Å². The fourth-order valence-corrected chi connectivity index (χ4v) is 31.2. The predicted molar refractivity (Wildman–Crippen MR) is 402 cm³/mol. The normalized spacial score (nSPS) is 16.6. The zero-order chi connectivity index (χ0) is 62.4. The number of halogens is 2. The fourth-order valence-electron chi connectivity index (χ4n) is 16.4. The topological polar surface area (TPSA) is 57.4 Å². The summed E-state index contributed by atoms with van der Waals surface area (Å²) in [7, 11) is 0. The van der Waals surface area contributed by atoms with E-state index in [1.807, 2.05) is 6.07 Å². The van der Waals surface area contributed by atoms with Crippen molar-refractivity contribution in [3.8, 4) is 90.3 Å². The molecule has 13 aromatic carbocycles. The van der Waals surface area contributed by atoms with E-state index in [0.29, 0.717) is 16.8 Å². The molecule has 2 aliphatic heterocycles. The quantitative estimate of drug-likeness (QED) is 0.156. The molecule has 6 heteroatoms. The van der Waals surface area contributed by atoms with Gasteiger partial charge in [-0.2, -0.15) is 0 Å². The zero-order valence-electron chi connectivity index (χ0n) is 51.7. The van der Waals surface area contributed by atoms with E-state index in [-0.39, 0.29) is 10.8 Å². The SMILES string of the molecule is C=I1(c2cc(C#N)c(-n3c4ccc(-c5ccc6c(c5)C(C)(C)c5ccccc5-6)cc4c4cc5c(cc43)-c3ccccc3I5c3ccccc3)cc2C#N)c2ccc(-c3ccc4c(c3)C(C)(C)c3ccccc3-4)cc2-c2cc3c(cc21)c1ccccc1n3-c1ccccc1. The van der Waals surface area contributed by atoms with E-state index in [1.165, 1.54) is 73.5 Å². The fraction of sp³-hybridized carbons (Fsp3) is 0.0690. The van der Waals surface area contributed by atoms with Gasteiger partial charge in [-0.1, -0.05) is 12.1 Å². The molecule has 0 bridgehead atoms. The molecule has 0 saturated carbocycles. The molecule has 0 amide bonds. The second-order valence-electron chi connectivity index (χ2n) is 26.3. The van der Waals surface area contributed by atoms with Crippen molar-refractivity contribution in [3.05, 3.63) is 322 Å². The summed E-state index contributed by atoms with van der Waals surface area (Å²) in [4.78, 5) is 0. The van der Waals surface area contributed by atoms with Crippen LogP contribution in [0.2, 0.25) is 0 Å². The first-order valence-corrected chi connectivity index (χ1v) is 39.7. The van der Waals surface area contributed by atoms with Crippen LogP contribution in [0.3, 0.4) is 0 Å². The van der Waals surface area contributed by atoms with E-state index in [0.717, 1.165) is 86.2 Å². The molecule has 19 rings (SSSR count). The van der Waals surface area contributed by atoms with Crippen molar-refractivity contribution in [2.45, 2.75) is 38.5 Å². The Bertz CT molecular complexity index is 6000. The molecule has 2 aromatic heterocycles. The Balaban J connectivity index is 0.838. The van der Waals surface area contributed by atoms with Gasteiger partial charge in [0.1, 0.15) is 0 Å². The van der Waals surface area contributed by atoms with E-state index in [9.17, 15) is 10.5 Å². The van der Waals surface area contributed by atoms with Crippen LogP contribution in [0.25, 0.3) is 122 Å². The molecule has 0 saturated heterocycles. The van der Waals surface area contributed by atoms with Gasteiger partial charge in [-0.05, 0) is 0 Å². The first-order valence-electron chi connectivity index (χ1n) is 31.7. The molecule has 93 heavy (non-hydrogen) atoms. The number of fused-ring (bicyclic) bond motifs is 18. The molecule has 2 aliphatic carbocycles. The summed E-state index contributed by atoms with van der Waals surface area (Å²) in [5, 5.41) is 28.5. The van der Waals surface area contributed by atoms with Crippen LogP contribution in [0, 0.1) is 44.1 Å². The van der Waals surface area contributed by atoms with E-state index in [1.54, 1.807) is 0 Å². The van der Waals surface area contributed by atoms with Gasteiger partial charge >= 0.3 is 544 Å². The first-order chi connectivity index (χ1) is 45.4. The summed E-state index contributed by atoms with van der Waals surface area (Å²) >= 11 is -6.28. The van der Waals surface area contributed by atoms with Crippen LogP contribution in [-0.4, -0.2) is 13.6 Å². The Morgan fingerprint density at radius 2 is 0.860 bits per heavy atom. The third-order valence-corrected chi connectivity index (χ3v) is 35.7. The van der Waals surface area contributed by atoms with Crippen LogP contribution in [-0.2, 0) is 10.8 Å². The summed E-state index contributed by atoms with van der Waals surface area (Å²) in [6.45, 7) is 9.38. The number of hydrogen-bond donors (Lipinski definition) is 0. The number of hydrogen-bond acceptors (Lipinski definition) is 2. The molecule has 4 nitrogen and oxygen atoms in total. The van der Waals surface area contributed by atoms with Gasteiger partial charge in [0.15, 0.2) is 0 Å². The second-order valence-corrected chi connectivity index (χ2v) is 38.9. The summed E-state index contributed by atoms with van der Waals surface area (Å²) in [5.41, 5.74) is 26.7. The molecule has 0 radical (unpaired) electrons. The van der Waals surface area contributed by atoms with Gasteiger partial charge in [0.05, 0.1) is 0 Å². The third-order valence-electron chi connectivity index (χ3n) is 20.9. The van der Waals surface area contributed by atoms with E-state index < -0.39 is 37.8 Å². The van der Waals surface area contributed by atoms with Crippen molar-refractivity contribution >= 4 is 85.9 Å². The Morgan fingerprint density at radius 1 is 0.344 bits per heavy atom. The average Bonchev–Trinajstić information content (AvgIpc) is 1.55. The third kappa shape index (κ3) is 7.48. The van der Waals surface area contributed by atoms with Gasteiger partial charge in [-0.25, -0.2) is 0 Å². The summed E-state index contributed by atoms with van der Waals surface area (Å²) in [5.74, 6) is 0. The van der Waals surface area contributed by atoms with Crippen molar-refractivity contribution < 1.29 is 0 Å². The van der Waals surface area contributed by atoms with Gasteiger partial charge in [-0.15, -0.1) is 0 Å². The summed E-state index contributed by atoms with van der Waals surface area (Å²) < 4.78 is 17.7.